The molecule has 1 atom stereocenters. The molecule has 1 aliphatic rings. The van der Waals surface area contributed by atoms with Crippen LogP contribution in [0.2, 0.25) is 0 Å². The summed E-state index contributed by atoms with van der Waals surface area (Å²) < 4.78 is 13.2. The second kappa shape index (κ2) is 22.6. The highest BCUT2D eigenvalue weighted by atomic mass is 32.1. The van der Waals surface area contributed by atoms with E-state index in [1.807, 2.05) is 47.2 Å². The zero-order valence-corrected chi connectivity index (χ0v) is 57.3. The van der Waals surface area contributed by atoms with Crippen molar-refractivity contribution >= 4 is 146 Å². The van der Waals surface area contributed by atoms with E-state index in [1.165, 1.54) is 96.0 Å². The Bertz CT molecular complexity index is 7160. The topological polar surface area (TPSA) is 71.3 Å². The maximum absolute atomic E-state index is 5.38. The number of allylic oxidation sites excluding steroid dienone is 1. The van der Waals surface area contributed by atoms with Crippen molar-refractivity contribution in [2.75, 3.05) is 0 Å². The Balaban J connectivity index is 0.598. The van der Waals surface area contributed by atoms with E-state index >= 15 is 0 Å². The Hall–Kier alpha value is -12.9. The molecular weight excluding hydrogens is 1290 g/mol. The smallest absolute Gasteiger partial charge is 0.235 e. The fourth-order valence-corrected chi connectivity index (χ4v) is 19.6. The Morgan fingerprint density at radius 2 is 0.825 bits per heavy atom. The summed E-state index contributed by atoms with van der Waals surface area (Å²) in [5, 5.41) is 13.3. The van der Waals surface area contributed by atoms with Crippen LogP contribution >= 0.6 is 22.7 Å². The van der Waals surface area contributed by atoms with Crippen LogP contribution in [0, 0.1) is 5.92 Å². The van der Waals surface area contributed by atoms with E-state index in [9.17, 15) is 0 Å². The first-order valence-corrected chi connectivity index (χ1v) is 36.8. The van der Waals surface area contributed by atoms with Crippen molar-refractivity contribution in [2.24, 2.45) is 5.92 Å². The van der Waals surface area contributed by atoms with Crippen molar-refractivity contribution in [3.63, 3.8) is 0 Å². The van der Waals surface area contributed by atoms with Gasteiger partial charge in [-0.1, -0.05) is 195 Å². The lowest BCUT2D eigenvalue weighted by Crippen LogP contribution is -2.02. The molecular formula is C93H58N8S2. The Labute approximate surface area is 598 Å². The van der Waals surface area contributed by atoms with E-state index in [1.54, 1.807) is 0 Å². The molecule has 22 rings (SSSR count). The summed E-state index contributed by atoms with van der Waals surface area (Å²) in [6.07, 6.45) is 9.58. The lowest BCUT2D eigenvalue weighted by molar-refractivity contribution is 0.728. The molecule has 13 aromatic carbocycles. The van der Waals surface area contributed by atoms with Gasteiger partial charge in [0, 0.05) is 124 Å². The maximum atomic E-state index is 5.38. The molecule has 0 fully saturated rings. The van der Waals surface area contributed by atoms with Gasteiger partial charge in [0.15, 0.2) is 5.82 Å². The summed E-state index contributed by atoms with van der Waals surface area (Å²) in [7, 11) is 0. The lowest BCUT2D eigenvalue weighted by atomic mass is 9.94. The van der Waals surface area contributed by atoms with Crippen molar-refractivity contribution in [1.29, 1.82) is 0 Å². The first-order chi connectivity index (χ1) is 51.0. The highest BCUT2D eigenvalue weighted by molar-refractivity contribution is 7.26. The van der Waals surface area contributed by atoms with Crippen LogP contribution in [-0.4, -0.2) is 38.2 Å². The van der Waals surface area contributed by atoms with Crippen LogP contribution in [0.3, 0.4) is 0 Å². The van der Waals surface area contributed by atoms with Crippen molar-refractivity contribution in [3.8, 4) is 79.2 Å². The average molecular weight is 1350 g/mol. The molecule has 0 saturated heterocycles. The Kier molecular flexibility index (Phi) is 12.7. The summed E-state index contributed by atoms with van der Waals surface area (Å²) in [6, 6.07) is 106. The SMILES string of the molecule is CC1C=Cc2c(sc3c(-c4cccc(-c5ccnc(-n6c7ccccc7c7cc(-n8c9ccccc9c9c(-c%10ccc%11c(c%10)sc%10c(-c%12nccc(-c%13cccc(-n%14c%15ccccc%15c%15cc(-n%16c%17ccccc%17c%17ccccc%17%16)ccc%15%14)c%13)n%12)cccc%10%11)cccc98)ccc76)n5)c4)cccc23)C1. The van der Waals surface area contributed by atoms with Crippen molar-refractivity contribution in [1.82, 2.24) is 38.2 Å². The number of para-hydroxylation sites is 5. The van der Waals surface area contributed by atoms with Gasteiger partial charge in [-0.05, 0) is 155 Å². The molecule has 10 heteroatoms. The minimum absolute atomic E-state index is 0.551. The highest BCUT2D eigenvalue weighted by Gasteiger charge is 2.24. The van der Waals surface area contributed by atoms with Gasteiger partial charge in [-0.25, -0.2) is 19.9 Å². The zero-order valence-electron chi connectivity index (χ0n) is 55.7. The third-order valence-corrected chi connectivity index (χ3v) is 23.9. The summed E-state index contributed by atoms with van der Waals surface area (Å²) >= 11 is 3.76. The predicted octanol–water partition coefficient (Wildman–Crippen LogP) is 24.8. The van der Waals surface area contributed by atoms with Crippen LogP contribution in [0.15, 0.2) is 310 Å². The second-order valence-corrected chi connectivity index (χ2v) is 29.5. The van der Waals surface area contributed by atoms with E-state index < -0.39 is 0 Å². The molecule has 1 unspecified atom stereocenters. The number of rotatable bonds is 9. The number of benzene rings is 13. The van der Waals surface area contributed by atoms with Crippen LogP contribution in [0.25, 0.3) is 203 Å². The molecule has 103 heavy (non-hydrogen) atoms. The second-order valence-electron chi connectivity index (χ2n) is 27.3. The van der Waals surface area contributed by atoms with Gasteiger partial charge >= 0.3 is 0 Å². The Morgan fingerprint density at radius 1 is 0.330 bits per heavy atom. The molecule has 0 N–H and O–H groups in total. The lowest BCUT2D eigenvalue weighted by Gasteiger charge is -2.12. The van der Waals surface area contributed by atoms with Gasteiger partial charge in [0.05, 0.1) is 55.5 Å². The summed E-state index contributed by atoms with van der Waals surface area (Å²) in [6.45, 7) is 2.30. The van der Waals surface area contributed by atoms with E-state index in [0.717, 1.165) is 106 Å². The van der Waals surface area contributed by atoms with Gasteiger partial charge in [-0.15, -0.1) is 22.7 Å². The largest absolute Gasteiger partial charge is 0.309 e. The first-order valence-electron chi connectivity index (χ1n) is 35.1. The molecule has 0 saturated carbocycles. The monoisotopic (exact) mass is 1350 g/mol. The van der Waals surface area contributed by atoms with Crippen LogP contribution in [-0.2, 0) is 6.42 Å². The molecule has 0 spiro atoms. The van der Waals surface area contributed by atoms with E-state index in [-0.39, 0.29) is 0 Å². The molecule has 0 bridgehead atoms. The molecule has 0 radical (unpaired) electrons. The van der Waals surface area contributed by atoms with Gasteiger partial charge < -0.3 is 13.7 Å². The minimum atomic E-state index is 0.551. The van der Waals surface area contributed by atoms with E-state index in [2.05, 4.69) is 316 Å². The average Bonchev–Trinajstić information content (AvgIpc) is 1.59. The van der Waals surface area contributed by atoms with Crippen LogP contribution < -0.4 is 0 Å². The Morgan fingerprint density at radius 3 is 1.54 bits per heavy atom. The quantitative estimate of drug-likeness (QED) is 0.144. The predicted molar refractivity (Wildman–Crippen MR) is 432 cm³/mol. The van der Waals surface area contributed by atoms with Crippen LogP contribution in [0.4, 0.5) is 0 Å². The molecule has 8 aromatic heterocycles. The number of hydrogen-bond donors (Lipinski definition) is 0. The van der Waals surface area contributed by atoms with Crippen LogP contribution in [0.1, 0.15) is 17.4 Å². The molecule has 482 valence electrons. The third kappa shape index (κ3) is 8.88. The van der Waals surface area contributed by atoms with Gasteiger partial charge in [-0.2, -0.15) is 0 Å². The van der Waals surface area contributed by atoms with Gasteiger partial charge in [0.2, 0.25) is 5.95 Å². The van der Waals surface area contributed by atoms with Gasteiger partial charge in [0.1, 0.15) is 0 Å². The molecule has 0 aliphatic heterocycles. The first kappa shape index (κ1) is 58.0. The van der Waals surface area contributed by atoms with Gasteiger partial charge in [-0.3, -0.25) is 4.57 Å². The summed E-state index contributed by atoms with van der Waals surface area (Å²) in [4.78, 5) is 22.2. The van der Waals surface area contributed by atoms with Crippen LogP contribution in [0.5, 0.6) is 0 Å². The zero-order chi connectivity index (χ0) is 67.5. The van der Waals surface area contributed by atoms with Crippen molar-refractivity contribution < 1.29 is 0 Å². The van der Waals surface area contributed by atoms with E-state index in [0.29, 0.717) is 17.7 Å². The number of fused-ring (bicyclic) bond motifs is 18. The standard InChI is InChI=1S/C93H58N8S2/c1-55-37-41-69-71-28-14-27-64(90(71)102-87(69)49-55)56-17-12-18-58(50-56)78-46-48-95-93(97-78)101-82-34-10-5-24-68(82)76-54-62(40-44-85(76)101)100-83-35-11-6-25-73(83)89-63(26-16-36-86(89)100)57-38-42-70-72-29-15-30-74(91(72)103-88(70)52-57)92-94-47-45-77(96-92)59-19-13-20-60(51-59)98-81-33-9-4-23-67(81)75-53-61(39-43-84(75)98)99-79-31-7-2-21-65(79)66-22-3-8-32-80(66)99/h2-48,50-55H,49H2,1H3. The number of aromatic nitrogens is 8. The molecule has 8 nitrogen and oxygen atoms in total. The summed E-state index contributed by atoms with van der Waals surface area (Å²) in [5.74, 6) is 1.88. The number of thiophene rings is 2. The van der Waals surface area contributed by atoms with Crippen molar-refractivity contribution in [2.45, 2.75) is 13.3 Å². The summed E-state index contributed by atoms with van der Waals surface area (Å²) in [5.41, 5.74) is 23.3. The number of hydrogen-bond acceptors (Lipinski definition) is 6. The molecule has 0 amide bonds. The normalized spacial score (nSPS) is 13.3. The minimum Gasteiger partial charge on any atom is -0.309 e. The van der Waals surface area contributed by atoms with Crippen molar-refractivity contribution in [3.05, 3.63) is 320 Å². The number of nitrogens with zero attached hydrogens (tertiary/aromatic N) is 8. The molecule has 21 aromatic rings. The van der Waals surface area contributed by atoms with Gasteiger partial charge in [0.25, 0.3) is 0 Å². The van der Waals surface area contributed by atoms with E-state index in [4.69, 9.17) is 19.9 Å². The highest BCUT2D eigenvalue weighted by Crippen LogP contribution is 2.47. The molecule has 1 aliphatic carbocycles. The molecule has 8 heterocycles. The fourth-order valence-electron chi connectivity index (χ4n) is 16.9. The third-order valence-electron chi connectivity index (χ3n) is 21.5. The fraction of sp³-hybridized carbons (Fsp3) is 0.0323. The maximum Gasteiger partial charge on any atom is 0.235 e.